The van der Waals surface area contributed by atoms with E-state index >= 15 is 0 Å². The second-order valence-electron chi connectivity index (χ2n) is 5.68. The molecule has 0 aromatic heterocycles. The van der Waals surface area contributed by atoms with E-state index in [9.17, 15) is 9.59 Å². The van der Waals surface area contributed by atoms with Crippen LogP contribution in [0.15, 0.2) is 0 Å². The van der Waals surface area contributed by atoms with Crippen LogP contribution in [0.25, 0.3) is 0 Å². The maximum atomic E-state index is 12.0. The van der Waals surface area contributed by atoms with E-state index in [0.717, 1.165) is 19.1 Å². The molecule has 19 heavy (non-hydrogen) atoms. The summed E-state index contributed by atoms with van der Waals surface area (Å²) in [5.74, 6) is 1.18. The summed E-state index contributed by atoms with van der Waals surface area (Å²) in [6, 6.07) is 0. The van der Waals surface area contributed by atoms with Crippen LogP contribution in [-0.2, 0) is 14.3 Å². The lowest BCUT2D eigenvalue weighted by Gasteiger charge is -2.28. The van der Waals surface area contributed by atoms with Crippen LogP contribution in [-0.4, -0.2) is 67.9 Å². The fourth-order valence-corrected chi connectivity index (χ4v) is 2.17. The van der Waals surface area contributed by atoms with Crippen LogP contribution in [0, 0.1) is 5.92 Å². The van der Waals surface area contributed by atoms with Gasteiger partial charge in [0.1, 0.15) is 5.78 Å². The molecule has 0 bridgehead atoms. The summed E-state index contributed by atoms with van der Waals surface area (Å²) in [5, 5.41) is 0. The Bertz CT molecular complexity index is 319. The quantitative estimate of drug-likeness (QED) is 0.632. The number of likely N-dealkylation sites (N-methyl/N-ethyl adjacent to an activating group) is 1. The van der Waals surface area contributed by atoms with E-state index in [1.165, 1.54) is 12.8 Å². The van der Waals surface area contributed by atoms with E-state index in [1.54, 1.807) is 4.90 Å². The van der Waals surface area contributed by atoms with Crippen molar-refractivity contribution in [3.05, 3.63) is 0 Å². The number of ketones is 1. The van der Waals surface area contributed by atoms with E-state index in [1.807, 2.05) is 11.9 Å². The number of Topliss-reactive ketones (excluding diaryl/α,β-unsaturated/α-hetero) is 1. The first-order chi connectivity index (χ1) is 9.15. The number of rotatable bonds is 7. The summed E-state index contributed by atoms with van der Waals surface area (Å²) in [6.07, 6.45) is 3.64. The molecule has 0 unspecified atom stereocenters. The topological polar surface area (TPSA) is 49.9 Å². The van der Waals surface area contributed by atoms with E-state index in [0.29, 0.717) is 39.1 Å². The molecule has 5 heteroatoms. The number of carbonyl (C=O) groups excluding carboxylic acids is 2. The molecule has 1 amide bonds. The Hall–Kier alpha value is -0.940. The Kier molecular flexibility index (Phi) is 5.34. The first-order valence-electron chi connectivity index (χ1n) is 7.21. The van der Waals surface area contributed by atoms with E-state index < -0.39 is 0 Å². The number of likely N-dealkylation sites (tertiary alicyclic amines) is 1. The molecule has 2 aliphatic rings. The third-order valence-corrected chi connectivity index (χ3v) is 3.75. The summed E-state index contributed by atoms with van der Waals surface area (Å²) < 4.78 is 5.56. The lowest BCUT2D eigenvalue weighted by atomic mass is 10.1. The number of nitrogens with zero attached hydrogens (tertiary/aromatic N) is 2. The number of hydrogen-bond acceptors (Lipinski definition) is 4. The van der Waals surface area contributed by atoms with Gasteiger partial charge in [-0.15, -0.1) is 0 Å². The van der Waals surface area contributed by atoms with Crippen molar-refractivity contribution < 1.29 is 14.3 Å². The van der Waals surface area contributed by atoms with Crippen LogP contribution in [0.1, 0.15) is 25.7 Å². The molecule has 1 saturated heterocycles. The molecule has 1 aliphatic heterocycles. The molecule has 0 atom stereocenters. The molecule has 1 aliphatic carbocycles. The van der Waals surface area contributed by atoms with Crippen LogP contribution in [0.4, 0.5) is 0 Å². The van der Waals surface area contributed by atoms with Gasteiger partial charge in [0, 0.05) is 39.1 Å². The van der Waals surface area contributed by atoms with Gasteiger partial charge in [0.2, 0.25) is 5.91 Å². The summed E-state index contributed by atoms with van der Waals surface area (Å²) >= 11 is 0. The minimum Gasteiger partial charge on any atom is -0.380 e. The van der Waals surface area contributed by atoms with Gasteiger partial charge >= 0.3 is 0 Å². The molecule has 0 radical (unpaired) electrons. The second kappa shape index (κ2) is 7.01. The highest BCUT2D eigenvalue weighted by Gasteiger charge is 2.22. The summed E-state index contributed by atoms with van der Waals surface area (Å²) in [5.41, 5.74) is 0. The Morgan fingerprint density at radius 1 is 1.37 bits per heavy atom. The largest absolute Gasteiger partial charge is 0.380 e. The second-order valence-corrected chi connectivity index (χ2v) is 5.68. The van der Waals surface area contributed by atoms with Crippen molar-refractivity contribution in [2.75, 3.05) is 46.4 Å². The highest BCUT2D eigenvalue weighted by atomic mass is 16.5. The van der Waals surface area contributed by atoms with E-state index in [-0.39, 0.29) is 11.7 Å². The Morgan fingerprint density at radius 2 is 2.05 bits per heavy atom. The molecular formula is C14H24N2O3. The van der Waals surface area contributed by atoms with Crippen LogP contribution in [0.5, 0.6) is 0 Å². The fourth-order valence-electron chi connectivity index (χ4n) is 2.17. The van der Waals surface area contributed by atoms with Crippen LogP contribution >= 0.6 is 0 Å². The molecule has 2 rings (SSSR count). The van der Waals surface area contributed by atoms with Gasteiger partial charge in [0.25, 0.3) is 0 Å². The standard InChI is InChI=1S/C14H24N2O3/c1-15(8-9-19-11-12-2-3-12)10-14(18)16-6-4-13(17)5-7-16/h12H,2-11H2,1H3. The zero-order valence-electron chi connectivity index (χ0n) is 11.8. The zero-order valence-corrected chi connectivity index (χ0v) is 11.8. The first kappa shape index (κ1) is 14.5. The monoisotopic (exact) mass is 268 g/mol. The lowest BCUT2D eigenvalue weighted by molar-refractivity contribution is -0.135. The van der Waals surface area contributed by atoms with Crippen LogP contribution in [0.3, 0.4) is 0 Å². The van der Waals surface area contributed by atoms with Crippen molar-refractivity contribution in [3.63, 3.8) is 0 Å². The third-order valence-electron chi connectivity index (χ3n) is 3.75. The number of amides is 1. The maximum absolute atomic E-state index is 12.0. The predicted octanol–water partition coefficient (Wildman–Crippen LogP) is 0.536. The Morgan fingerprint density at radius 3 is 2.68 bits per heavy atom. The van der Waals surface area contributed by atoms with Gasteiger partial charge in [0.05, 0.1) is 13.2 Å². The van der Waals surface area contributed by atoms with Crippen LogP contribution < -0.4 is 0 Å². The van der Waals surface area contributed by atoms with Gasteiger partial charge in [-0.25, -0.2) is 0 Å². The summed E-state index contributed by atoms with van der Waals surface area (Å²) in [4.78, 5) is 26.9. The average molecular weight is 268 g/mol. The number of hydrogen-bond donors (Lipinski definition) is 0. The molecule has 5 nitrogen and oxygen atoms in total. The van der Waals surface area contributed by atoms with Crippen molar-refractivity contribution in [2.45, 2.75) is 25.7 Å². The highest BCUT2D eigenvalue weighted by Crippen LogP contribution is 2.28. The molecule has 0 aromatic rings. The molecule has 0 N–H and O–H groups in total. The van der Waals surface area contributed by atoms with Gasteiger partial charge in [-0.2, -0.15) is 0 Å². The van der Waals surface area contributed by atoms with Crippen molar-refractivity contribution in [2.24, 2.45) is 5.92 Å². The fraction of sp³-hybridized carbons (Fsp3) is 0.857. The van der Waals surface area contributed by atoms with Gasteiger partial charge in [-0.1, -0.05) is 0 Å². The Balaban J connectivity index is 1.56. The molecular weight excluding hydrogens is 244 g/mol. The maximum Gasteiger partial charge on any atom is 0.236 e. The van der Waals surface area contributed by atoms with Crippen molar-refractivity contribution >= 4 is 11.7 Å². The van der Waals surface area contributed by atoms with Crippen molar-refractivity contribution in [1.29, 1.82) is 0 Å². The summed E-state index contributed by atoms with van der Waals surface area (Å²) in [7, 11) is 1.94. The normalized spacial score (nSPS) is 20.1. The summed E-state index contributed by atoms with van der Waals surface area (Å²) in [6.45, 7) is 3.94. The average Bonchev–Trinajstić information content (AvgIpc) is 3.19. The lowest BCUT2D eigenvalue weighted by Crippen LogP contribution is -2.44. The molecule has 1 saturated carbocycles. The number of piperidine rings is 1. The molecule has 108 valence electrons. The minimum absolute atomic E-state index is 0.122. The van der Waals surface area contributed by atoms with Gasteiger partial charge in [0.15, 0.2) is 0 Å². The Labute approximate surface area is 114 Å². The minimum atomic E-state index is 0.122. The van der Waals surface area contributed by atoms with Crippen molar-refractivity contribution in [1.82, 2.24) is 9.80 Å². The third kappa shape index (κ3) is 5.28. The van der Waals surface area contributed by atoms with E-state index in [2.05, 4.69) is 0 Å². The van der Waals surface area contributed by atoms with E-state index in [4.69, 9.17) is 4.74 Å². The first-order valence-corrected chi connectivity index (χ1v) is 7.21. The predicted molar refractivity (Wildman–Crippen MR) is 71.9 cm³/mol. The van der Waals surface area contributed by atoms with Crippen molar-refractivity contribution in [3.8, 4) is 0 Å². The zero-order chi connectivity index (χ0) is 13.7. The highest BCUT2D eigenvalue weighted by molar-refractivity contribution is 5.84. The SMILES string of the molecule is CN(CCOCC1CC1)CC(=O)N1CCC(=O)CC1. The van der Waals surface area contributed by atoms with Gasteiger partial charge in [-0.05, 0) is 25.8 Å². The molecule has 1 heterocycles. The van der Waals surface area contributed by atoms with Crippen LogP contribution in [0.2, 0.25) is 0 Å². The molecule has 0 spiro atoms. The number of carbonyl (C=O) groups is 2. The van der Waals surface area contributed by atoms with Gasteiger partial charge in [-0.3, -0.25) is 14.5 Å². The molecule has 2 fully saturated rings. The molecule has 0 aromatic carbocycles. The smallest absolute Gasteiger partial charge is 0.236 e. The van der Waals surface area contributed by atoms with Gasteiger partial charge < -0.3 is 9.64 Å². The number of ether oxygens (including phenoxy) is 1.